The zero-order valence-corrected chi connectivity index (χ0v) is 15.8. The lowest BCUT2D eigenvalue weighted by Crippen LogP contribution is -2.41. The molecule has 1 saturated heterocycles. The summed E-state index contributed by atoms with van der Waals surface area (Å²) in [6, 6.07) is 10.7. The van der Waals surface area contributed by atoms with Crippen LogP contribution in [0.1, 0.15) is 18.4 Å². The highest BCUT2D eigenvalue weighted by Gasteiger charge is 2.21. The predicted molar refractivity (Wildman–Crippen MR) is 105 cm³/mol. The second-order valence-electron chi connectivity index (χ2n) is 6.75. The maximum Gasteiger partial charge on any atom is 0.313 e. The number of hydrogen-bond donors (Lipinski definition) is 2. The number of piperidine rings is 1. The Bertz CT molecular complexity index is 759. The summed E-state index contributed by atoms with van der Waals surface area (Å²) in [7, 11) is 0. The normalized spacial score (nSPS) is 15.3. The summed E-state index contributed by atoms with van der Waals surface area (Å²) in [5.41, 5.74) is 1.76. The highest BCUT2D eigenvalue weighted by Crippen LogP contribution is 2.18. The van der Waals surface area contributed by atoms with Gasteiger partial charge in [-0.1, -0.05) is 17.7 Å². The molecule has 2 N–H and O–H groups in total. The van der Waals surface area contributed by atoms with Crippen molar-refractivity contribution in [2.75, 3.05) is 25.0 Å². The van der Waals surface area contributed by atoms with Crippen LogP contribution < -0.4 is 10.6 Å². The Hall–Kier alpha value is -2.44. The molecule has 3 rings (SSSR count). The van der Waals surface area contributed by atoms with Gasteiger partial charge < -0.3 is 10.6 Å². The van der Waals surface area contributed by atoms with Crippen molar-refractivity contribution < 1.29 is 9.59 Å². The average Bonchev–Trinajstić information content (AvgIpc) is 2.69. The zero-order chi connectivity index (χ0) is 19.1. The van der Waals surface area contributed by atoms with Gasteiger partial charge in [0.05, 0.1) is 0 Å². The Morgan fingerprint density at radius 3 is 2.52 bits per heavy atom. The molecule has 0 radical (unpaired) electrons. The molecule has 1 aliphatic heterocycles. The number of likely N-dealkylation sites (tertiary alicyclic amines) is 1. The number of anilines is 1. The summed E-state index contributed by atoms with van der Waals surface area (Å²) >= 11 is 5.80. The molecule has 6 nitrogen and oxygen atoms in total. The highest BCUT2D eigenvalue weighted by molar-refractivity contribution is 6.39. The second-order valence-corrected chi connectivity index (χ2v) is 7.19. The van der Waals surface area contributed by atoms with E-state index < -0.39 is 11.8 Å². The molecule has 2 amide bonds. The van der Waals surface area contributed by atoms with E-state index in [2.05, 4.69) is 26.6 Å². The molecule has 0 bridgehead atoms. The van der Waals surface area contributed by atoms with Gasteiger partial charge in [0.1, 0.15) is 0 Å². The molecule has 1 aromatic heterocycles. The minimum atomic E-state index is -0.661. The minimum absolute atomic E-state index is 0.391. The van der Waals surface area contributed by atoms with E-state index in [1.54, 1.807) is 30.5 Å². The largest absolute Gasteiger partial charge is 0.348 e. The molecular formula is C20H23ClN4O2. The summed E-state index contributed by atoms with van der Waals surface area (Å²) in [5.74, 6) is -0.878. The van der Waals surface area contributed by atoms with Gasteiger partial charge in [-0.3, -0.25) is 19.5 Å². The number of nitrogens with one attached hydrogen (secondary N) is 2. The molecule has 0 unspecified atom stereocenters. The van der Waals surface area contributed by atoms with Crippen LogP contribution in [-0.4, -0.2) is 41.3 Å². The Balaban J connectivity index is 1.37. The summed E-state index contributed by atoms with van der Waals surface area (Å²) < 4.78 is 0. The number of amides is 2. The van der Waals surface area contributed by atoms with E-state index in [0.717, 1.165) is 32.5 Å². The van der Waals surface area contributed by atoms with E-state index in [4.69, 9.17) is 11.6 Å². The van der Waals surface area contributed by atoms with Crippen LogP contribution in [0, 0.1) is 5.92 Å². The second kappa shape index (κ2) is 9.48. The maximum atomic E-state index is 12.0. The van der Waals surface area contributed by atoms with Crippen LogP contribution in [-0.2, 0) is 16.1 Å². The number of carbonyl (C=O) groups excluding carboxylic acids is 2. The lowest BCUT2D eigenvalue weighted by atomic mass is 9.96. The molecule has 1 fully saturated rings. The SMILES string of the molecule is O=C(NCC1CCN(Cc2cccnc2)CC1)C(=O)Nc1ccc(Cl)cc1. The standard InChI is InChI=1S/C20H23ClN4O2/c21-17-3-5-18(6-4-17)24-20(27)19(26)23-13-15-7-10-25(11-8-15)14-16-2-1-9-22-12-16/h1-6,9,12,15H,7-8,10-11,13-14H2,(H,23,26)(H,24,27). The van der Waals surface area contributed by atoms with Gasteiger partial charge in [-0.05, 0) is 67.7 Å². The van der Waals surface area contributed by atoms with E-state index in [0.29, 0.717) is 23.2 Å². The lowest BCUT2D eigenvalue weighted by Gasteiger charge is -2.31. The molecule has 2 heterocycles. The van der Waals surface area contributed by atoms with Crippen LogP contribution in [0.4, 0.5) is 5.69 Å². The first-order valence-electron chi connectivity index (χ1n) is 9.06. The molecule has 1 aromatic carbocycles. The van der Waals surface area contributed by atoms with Gasteiger partial charge in [0.25, 0.3) is 0 Å². The van der Waals surface area contributed by atoms with Crippen LogP contribution in [0.5, 0.6) is 0 Å². The lowest BCUT2D eigenvalue weighted by molar-refractivity contribution is -0.136. The van der Waals surface area contributed by atoms with Crippen molar-refractivity contribution in [2.45, 2.75) is 19.4 Å². The van der Waals surface area contributed by atoms with E-state index >= 15 is 0 Å². The van der Waals surface area contributed by atoms with Gasteiger partial charge in [0, 0.05) is 36.2 Å². The van der Waals surface area contributed by atoms with Crippen molar-refractivity contribution in [1.82, 2.24) is 15.2 Å². The number of aromatic nitrogens is 1. The number of hydrogen-bond acceptors (Lipinski definition) is 4. The highest BCUT2D eigenvalue weighted by atomic mass is 35.5. The van der Waals surface area contributed by atoms with Gasteiger partial charge in [-0.15, -0.1) is 0 Å². The van der Waals surface area contributed by atoms with Crippen molar-refractivity contribution in [3.63, 3.8) is 0 Å². The Labute approximate surface area is 163 Å². The molecule has 27 heavy (non-hydrogen) atoms. The summed E-state index contributed by atoms with van der Waals surface area (Å²) in [5, 5.41) is 5.89. The smallest absolute Gasteiger partial charge is 0.313 e. The minimum Gasteiger partial charge on any atom is -0.348 e. The van der Waals surface area contributed by atoms with E-state index in [-0.39, 0.29) is 0 Å². The van der Waals surface area contributed by atoms with Crippen LogP contribution in [0.25, 0.3) is 0 Å². The van der Waals surface area contributed by atoms with Gasteiger partial charge >= 0.3 is 11.8 Å². The first-order valence-corrected chi connectivity index (χ1v) is 9.44. The molecular weight excluding hydrogens is 364 g/mol. The molecule has 2 aromatic rings. The van der Waals surface area contributed by atoms with Crippen molar-refractivity contribution in [2.24, 2.45) is 5.92 Å². The molecule has 0 spiro atoms. The third kappa shape index (κ3) is 6.05. The summed E-state index contributed by atoms with van der Waals surface area (Å²) in [4.78, 5) is 30.5. The number of benzene rings is 1. The van der Waals surface area contributed by atoms with Crippen LogP contribution in [0.3, 0.4) is 0 Å². The van der Waals surface area contributed by atoms with Crippen LogP contribution >= 0.6 is 11.6 Å². The predicted octanol–water partition coefficient (Wildman–Crippen LogP) is 2.70. The molecule has 0 atom stereocenters. The monoisotopic (exact) mass is 386 g/mol. The quantitative estimate of drug-likeness (QED) is 0.775. The van der Waals surface area contributed by atoms with E-state index in [9.17, 15) is 9.59 Å². The molecule has 0 saturated carbocycles. The van der Waals surface area contributed by atoms with E-state index in [1.165, 1.54) is 5.56 Å². The fourth-order valence-electron chi connectivity index (χ4n) is 3.14. The summed E-state index contributed by atoms with van der Waals surface area (Å²) in [6.07, 6.45) is 5.67. The van der Waals surface area contributed by atoms with Gasteiger partial charge in [-0.2, -0.15) is 0 Å². The zero-order valence-electron chi connectivity index (χ0n) is 15.0. The fourth-order valence-corrected chi connectivity index (χ4v) is 3.26. The van der Waals surface area contributed by atoms with Crippen molar-refractivity contribution >= 4 is 29.1 Å². The molecule has 1 aliphatic rings. The maximum absolute atomic E-state index is 12.0. The fraction of sp³-hybridized carbons (Fsp3) is 0.350. The third-order valence-corrected chi connectivity index (χ3v) is 4.95. The van der Waals surface area contributed by atoms with Crippen molar-refractivity contribution in [3.05, 3.63) is 59.4 Å². The molecule has 0 aliphatic carbocycles. The average molecular weight is 387 g/mol. The van der Waals surface area contributed by atoms with Gasteiger partial charge in [-0.25, -0.2) is 0 Å². The first kappa shape index (κ1) is 19.3. The van der Waals surface area contributed by atoms with Crippen molar-refractivity contribution in [3.8, 4) is 0 Å². The first-order chi connectivity index (χ1) is 13.1. The number of halogens is 1. The van der Waals surface area contributed by atoms with Crippen LogP contribution in [0.15, 0.2) is 48.8 Å². The Kier molecular flexibility index (Phi) is 6.79. The van der Waals surface area contributed by atoms with E-state index in [1.807, 2.05) is 12.3 Å². The topological polar surface area (TPSA) is 74.3 Å². The number of rotatable bonds is 5. The van der Waals surface area contributed by atoms with Crippen LogP contribution in [0.2, 0.25) is 5.02 Å². The van der Waals surface area contributed by atoms with Gasteiger partial charge in [0.2, 0.25) is 0 Å². The Morgan fingerprint density at radius 1 is 1.11 bits per heavy atom. The summed E-state index contributed by atoms with van der Waals surface area (Å²) in [6.45, 7) is 3.38. The van der Waals surface area contributed by atoms with Crippen molar-refractivity contribution in [1.29, 1.82) is 0 Å². The molecule has 142 valence electrons. The number of nitrogens with zero attached hydrogens (tertiary/aromatic N) is 2. The number of pyridine rings is 1. The number of carbonyl (C=O) groups is 2. The third-order valence-electron chi connectivity index (χ3n) is 4.70. The Morgan fingerprint density at radius 2 is 1.85 bits per heavy atom. The molecule has 7 heteroatoms. The van der Waals surface area contributed by atoms with Gasteiger partial charge in [0.15, 0.2) is 0 Å².